The van der Waals surface area contributed by atoms with E-state index >= 15 is 0 Å². The van der Waals surface area contributed by atoms with Crippen LogP contribution in [-0.2, 0) is 5.41 Å². The highest BCUT2D eigenvalue weighted by Crippen LogP contribution is 2.34. The van der Waals surface area contributed by atoms with Crippen molar-refractivity contribution >= 4 is 36.2 Å². The Morgan fingerprint density at radius 2 is 1.38 bits per heavy atom. The van der Waals surface area contributed by atoms with Gasteiger partial charge in [-0.2, -0.15) is 0 Å². The van der Waals surface area contributed by atoms with E-state index in [2.05, 4.69) is 20.8 Å². The summed E-state index contributed by atoms with van der Waals surface area (Å²) >= 11 is 0. The van der Waals surface area contributed by atoms with Gasteiger partial charge in [0.1, 0.15) is 0 Å². The fourth-order valence-corrected chi connectivity index (χ4v) is 1.34. The zero-order valence-corrected chi connectivity index (χ0v) is 11.7. The monoisotopic (exact) mass is 266 g/mol. The fourth-order valence-electron chi connectivity index (χ4n) is 1.34. The van der Waals surface area contributed by atoms with Gasteiger partial charge < -0.3 is 16.2 Å². The van der Waals surface area contributed by atoms with Crippen molar-refractivity contribution in [3.05, 3.63) is 17.7 Å². The zero-order chi connectivity index (χ0) is 10.9. The van der Waals surface area contributed by atoms with Crippen LogP contribution in [0.1, 0.15) is 26.3 Å². The molecule has 0 atom stereocenters. The SMILES string of the molecule is COc1c(N)cc(C(C)(C)C)cc1N.Cl.Cl. The van der Waals surface area contributed by atoms with Crippen LogP contribution in [0.2, 0.25) is 0 Å². The van der Waals surface area contributed by atoms with Gasteiger partial charge in [-0.3, -0.25) is 0 Å². The Hall–Kier alpha value is -0.800. The molecule has 0 fully saturated rings. The number of nitrogens with two attached hydrogens (primary N) is 2. The molecule has 0 aromatic heterocycles. The Morgan fingerprint density at radius 1 is 1.00 bits per heavy atom. The number of anilines is 2. The van der Waals surface area contributed by atoms with Crippen molar-refractivity contribution < 1.29 is 4.74 Å². The summed E-state index contributed by atoms with van der Waals surface area (Å²) in [6.07, 6.45) is 0. The molecule has 1 aromatic carbocycles. The van der Waals surface area contributed by atoms with Crippen LogP contribution in [0.25, 0.3) is 0 Å². The van der Waals surface area contributed by atoms with E-state index in [1.807, 2.05) is 12.1 Å². The minimum Gasteiger partial charge on any atom is -0.492 e. The molecule has 16 heavy (non-hydrogen) atoms. The van der Waals surface area contributed by atoms with Gasteiger partial charge in [-0.15, -0.1) is 24.8 Å². The predicted molar refractivity (Wildman–Crippen MR) is 75.0 cm³/mol. The summed E-state index contributed by atoms with van der Waals surface area (Å²) in [5.74, 6) is 0.568. The van der Waals surface area contributed by atoms with Crippen molar-refractivity contribution in [1.29, 1.82) is 0 Å². The highest BCUT2D eigenvalue weighted by molar-refractivity contribution is 5.85. The van der Waals surface area contributed by atoms with E-state index in [1.165, 1.54) is 0 Å². The van der Waals surface area contributed by atoms with Crippen LogP contribution in [0.3, 0.4) is 0 Å². The van der Waals surface area contributed by atoms with Crippen LogP contribution in [-0.4, -0.2) is 7.11 Å². The molecule has 1 rings (SSSR count). The Labute approximate surface area is 109 Å². The number of hydrogen-bond acceptors (Lipinski definition) is 3. The maximum absolute atomic E-state index is 5.82. The molecule has 0 radical (unpaired) electrons. The van der Waals surface area contributed by atoms with Gasteiger partial charge in [0.2, 0.25) is 0 Å². The molecule has 0 bridgehead atoms. The van der Waals surface area contributed by atoms with Gasteiger partial charge in [0.05, 0.1) is 18.5 Å². The van der Waals surface area contributed by atoms with Crippen molar-refractivity contribution in [2.24, 2.45) is 0 Å². The third-order valence-corrected chi connectivity index (χ3v) is 2.22. The van der Waals surface area contributed by atoms with Crippen LogP contribution in [0.15, 0.2) is 12.1 Å². The van der Waals surface area contributed by atoms with E-state index in [9.17, 15) is 0 Å². The standard InChI is InChI=1S/C11H18N2O.2ClH/c1-11(2,3)7-5-8(12)10(14-4)9(13)6-7;;/h5-6H,12-13H2,1-4H3;2*1H. The van der Waals surface area contributed by atoms with Crippen molar-refractivity contribution in [3.8, 4) is 5.75 Å². The van der Waals surface area contributed by atoms with Gasteiger partial charge in [0, 0.05) is 0 Å². The predicted octanol–water partition coefficient (Wildman–Crippen LogP) is 3.00. The minimum atomic E-state index is 0. The Morgan fingerprint density at radius 3 is 1.62 bits per heavy atom. The first-order valence-corrected chi connectivity index (χ1v) is 4.59. The van der Waals surface area contributed by atoms with Gasteiger partial charge in [-0.1, -0.05) is 20.8 Å². The van der Waals surface area contributed by atoms with E-state index in [1.54, 1.807) is 7.11 Å². The molecule has 0 aliphatic heterocycles. The molecule has 0 spiro atoms. The molecule has 0 aliphatic carbocycles. The Kier molecular flexibility index (Phi) is 6.67. The summed E-state index contributed by atoms with van der Waals surface area (Å²) in [4.78, 5) is 0. The lowest BCUT2D eigenvalue weighted by molar-refractivity contribution is 0.418. The molecule has 0 unspecified atom stereocenters. The smallest absolute Gasteiger partial charge is 0.164 e. The van der Waals surface area contributed by atoms with Crippen LogP contribution in [0.4, 0.5) is 11.4 Å². The van der Waals surface area contributed by atoms with Crippen LogP contribution >= 0.6 is 24.8 Å². The van der Waals surface area contributed by atoms with Gasteiger partial charge in [-0.25, -0.2) is 0 Å². The van der Waals surface area contributed by atoms with Crippen molar-refractivity contribution in [1.82, 2.24) is 0 Å². The largest absolute Gasteiger partial charge is 0.492 e. The number of methoxy groups -OCH3 is 1. The lowest BCUT2D eigenvalue weighted by atomic mass is 9.86. The van der Waals surface area contributed by atoms with Crippen molar-refractivity contribution in [2.45, 2.75) is 26.2 Å². The van der Waals surface area contributed by atoms with E-state index in [0.717, 1.165) is 5.56 Å². The van der Waals surface area contributed by atoms with E-state index < -0.39 is 0 Å². The first kappa shape index (κ1) is 17.6. The number of rotatable bonds is 1. The molecular weight excluding hydrogens is 247 g/mol. The number of benzene rings is 1. The fraction of sp³-hybridized carbons (Fsp3) is 0.455. The molecule has 0 amide bonds. The second kappa shape index (κ2) is 6.06. The van der Waals surface area contributed by atoms with Crippen LogP contribution in [0, 0.1) is 0 Å². The molecule has 0 saturated carbocycles. The Bertz CT molecular complexity index is 325. The summed E-state index contributed by atoms with van der Waals surface area (Å²) in [7, 11) is 1.57. The Balaban J connectivity index is 0. The highest BCUT2D eigenvalue weighted by Gasteiger charge is 2.17. The topological polar surface area (TPSA) is 61.3 Å². The molecule has 0 aliphatic rings. The van der Waals surface area contributed by atoms with Crippen molar-refractivity contribution in [3.63, 3.8) is 0 Å². The van der Waals surface area contributed by atoms with Gasteiger partial charge in [0.15, 0.2) is 5.75 Å². The van der Waals surface area contributed by atoms with Crippen LogP contribution in [0.5, 0.6) is 5.75 Å². The molecule has 1 aromatic rings. The van der Waals surface area contributed by atoms with E-state index in [-0.39, 0.29) is 30.2 Å². The summed E-state index contributed by atoms with van der Waals surface area (Å²) in [6, 6.07) is 3.82. The normalized spacial score (nSPS) is 10.0. The second-order valence-corrected chi connectivity index (χ2v) is 4.44. The number of ether oxygens (including phenoxy) is 1. The number of hydrogen-bond donors (Lipinski definition) is 2. The third kappa shape index (κ3) is 3.65. The summed E-state index contributed by atoms with van der Waals surface area (Å²) < 4.78 is 5.09. The average molecular weight is 267 g/mol. The molecule has 94 valence electrons. The van der Waals surface area contributed by atoms with E-state index in [4.69, 9.17) is 16.2 Å². The maximum Gasteiger partial charge on any atom is 0.164 e. The maximum atomic E-state index is 5.82. The first-order valence-electron chi connectivity index (χ1n) is 4.59. The quantitative estimate of drug-likeness (QED) is 0.769. The van der Waals surface area contributed by atoms with Gasteiger partial charge in [-0.05, 0) is 23.1 Å². The molecular formula is C11H20Cl2N2O. The highest BCUT2D eigenvalue weighted by atomic mass is 35.5. The summed E-state index contributed by atoms with van der Waals surface area (Å²) in [6.45, 7) is 6.36. The summed E-state index contributed by atoms with van der Waals surface area (Å²) in [5.41, 5.74) is 14.0. The molecule has 0 heterocycles. The van der Waals surface area contributed by atoms with Gasteiger partial charge >= 0.3 is 0 Å². The second-order valence-electron chi connectivity index (χ2n) is 4.44. The van der Waals surface area contributed by atoms with Crippen molar-refractivity contribution in [2.75, 3.05) is 18.6 Å². The lowest BCUT2D eigenvalue weighted by Gasteiger charge is -2.21. The number of halogens is 2. The minimum absolute atomic E-state index is 0. The average Bonchev–Trinajstić information content (AvgIpc) is 2.01. The van der Waals surface area contributed by atoms with E-state index in [0.29, 0.717) is 17.1 Å². The zero-order valence-electron chi connectivity index (χ0n) is 10.0. The third-order valence-electron chi connectivity index (χ3n) is 2.22. The summed E-state index contributed by atoms with van der Waals surface area (Å²) in [5, 5.41) is 0. The molecule has 5 heteroatoms. The van der Waals surface area contributed by atoms with Crippen LogP contribution < -0.4 is 16.2 Å². The first-order chi connectivity index (χ1) is 6.36. The molecule has 4 N–H and O–H groups in total. The van der Waals surface area contributed by atoms with Gasteiger partial charge in [0.25, 0.3) is 0 Å². The molecule has 0 saturated heterocycles. The number of nitrogen functional groups attached to an aromatic ring is 2. The lowest BCUT2D eigenvalue weighted by Crippen LogP contribution is -2.12. The molecule has 3 nitrogen and oxygen atoms in total.